The third kappa shape index (κ3) is 2.70. The molecule has 0 unspecified atom stereocenters. The van der Waals surface area contributed by atoms with Crippen LogP contribution in [0.3, 0.4) is 0 Å². The van der Waals surface area contributed by atoms with Crippen LogP contribution in [0.5, 0.6) is 0 Å². The van der Waals surface area contributed by atoms with Gasteiger partial charge in [-0.1, -0.05) is 30.3 Å². The topological polar surface area (TPSA) is 99.1 Å². The third-order valence-corrected chi connectivity index (χ3v) is 3.95. The second-order valence-corrected chi connectivity index (χ2v) is 5.28. The van der Waals surface area contributed by atoms with E-state index in [4.69, 9.17) is 14.7 Å². The Bertz CT molecular complexity index is 771. The summed E-state index contributed by atoms with van der Waals surface area (Å²) in [7, 11) is 1.27. The number of ether oxygens (including phenoxy) is 2. The lowest BCUT2D eigenvalue weighted by Crippen LogP contribution is -2.31. The summed E-state index contributed by atoms with van der Waals surface area (Å²) in [6.07, 6.45) is -0.882. The number of benzene rings is 2. The van der Waals surface area contributed by atoms with Gasteiger partial charge in [-0.25, -0.2) is 4.79 Å². The Hall–Kier alpha value is -2.90. The van der Waals surface area contributed by atoms with E-state index >= 15 is 0 Å². The predicted octanol–water partition coefficient (Wildman–Crippen LogP) is 2.55. The van der Waals surface area contributed by atoms with E-state index in [0.717, 1.165) is 0 Å². The van der Waals surface area contributed by atoms with Gasteiger partial charge in [0, 0.05) is 0 Å². The van der Waals surface area contributed by atoms with Crippen molar-refractivity contribution in [3.05, 3.63) is 70.4 Å². The molecule has 0 amide bonds. The lowest BCUT2D eigenvalue weighted by Gasteiger charge is -2.31. The van der Waals surface area contributed by atoms with Crippen LogP contribution >= 0.6 is 0 Å². The summed E-state index contributed by atoms with van der Waals surface area (Å²) in [6, 6.07) is 12.5. The van der Waals surface area contributed by atoms with Crippen LogP contribution in [0.1, 0.15) is 33.5 Å². The first kappa shape index (κ1) is 16.0. The standard InChI is InChI=1S/C17H14NO6/c1-23-17(20)14-12-4-2-3-5-13(12)16(19)24-15(14)10-6-8-11(9-7-10)18(21)22/h2-9,14-15,21H,1H3/q-1/t14-,15-/m1/s1. The maximum absolute atomic E-state index is 12.3. The van der Waals surface area contributed by atoms with Crippen LogP contribution in [-0.2, 0) is 14.3 Å². The molecule has 0 aromatic heterocycles. The summed E-state index contributed by atoms with van der Waals surface area (Å²) >= 11 is 0. The molecule has 24 heavy (non-hydrogen) atoms. The van der Waals surface area contributed by atoms with Crippen molar-refractivity contribution >= 4 is 17.6 Å². The highest BCUT2D eigenvalue weighted by Gasteiger charge is 2.41. The second-order valence-electron chi connectivity index (χ2n) is 5.28. The molecule has 0 fully saturated rings. The Kier molecular flexibility index (Phi) is 4.20. The average Bonchev–Trinajstić information content (AvgIpc) is 2.61. The van der Waals surface area contributed by atoms with E-state index in [0.29, 0.717) is 16.7 Å². The van der Waals surface area contributed by atoms with Crippen LogP contribution in [0, 0.1) is 5.21 Å². The van der Waals surface area contributed by atoms with Crippen LogP contribution in [0.4, 0.5) is 5.69 Å². The fourth-order valence-electron chi connectivity index (χ4n) is 2.79. The summed E-state index contributed by atoms with van der Waals surface area (Å²) in [4.78, 5) is 24.5. The van der Waals surface area contributed by atoms with Gasteiger partial charge in [0.2, 0.25) is 0 Å². The molecule has 2 aromatic carbocycles. The zero-order valence-electron chi connectivity index (χ0n) is 12.7. The van der Waals surface area contributed by atoms with Crippen LogP contribution in [-0.4, -0.2) is 24.3 Å². The first-order valence-corrected chi connectivity index (χ1v) is 7.16. The molecule has 1 N–H and O–H groups in total. The predicted molar refractivity (Wildman–Crippen MR) is 83.4 cm³/mol. The molecule has 0 spiro atoms. The van der Waals surface area contributed by atoms with Crippen molar-refractivity contribution in [2.75, 3.05) is 12.3 Å². The molecule has 7 nitrogen and oxygen atoms in total. The molecular formula is C17H14NO6-. The molecule has 3 rings (SSSR count). The van der Waals surface area contributed by atoms with Gasteiger partial charge >= 0.3 is 11.9 Å². The number of fused-ring (bicyclic) bond motifs is 1. The minimum atomic E-state index is -0.882. The van der Waals surface area contributed by atoms with Gasteiger partial charge in [0.05, 0.1) is 18.4 Å². The zero-order valence-corrected chi connectivity index (χ0v) is 12.7. The number of hydrogen-bond acceptors (Lipinski definition) is 7. The number of rotatable bonds is 3. The van der Waals surface area contributed by atoms with Crippen molar-refractivity contribution in [2.24, 2.45) is 0 Å². The maximum Gasteiger partial charge on any atom is 0.339 e. The number of hydrogen-bond donors (Lipinski definition) is 1. The summed E-state index contributed by atoms with van der Waals surface area (Å²) in [5.74, 6) is -1.88. The van der Waals surface area contributed by atoms with Gasteiger partial charge in [0.25, 0.3) is 0 Å². The normalized spacial score (nSPS) is 19.2. The van der Waals surface area contributed by atoms with E-state index in [9.17, 15) is 14.8 Å². The highest BCUT2D eigenvalue weighted by Crippen LogP contribution is 2.41. The van der Waals surface area contributed by atoms with E-state index in [1.807, 2.05) is 0 Å². The van der Waals surface area contributed by atoms with Gasteiger partial charge < -0.3 is 19.9 Å². The van der Waals surface area contributed by atoms with Crippen molar-refractivity contribution in [1.82, 2.24) is 0 Å². The molecule has 2 atom stereocenters. The van der Waals surface area contributed by atoms with Gasteiger partial charge in [-0.2, -0.15) is 0 Å². The molecular weight excluding hydrogens is 314 g/mol. The van der Waals surface area contributed by atoms with Crippen LogP contribution < -0.4 is 5.23 Å². The molecule has 124 valence electrons. The molecule has 0 bridgehead atoms. The average molecular weight is 328 g/mol. The van der Waals surface area contributed by atoms with E-state index in [1.165, 1.54) is 31.4 Å². The minimum absolute atomic E-state index is 0.0240. The van der Waals surface area contributed by atoms with Gasteiger partial charge in [0.1, 0.15) is 12.0 Å². The third-order valence-electron chi connectivity index (χ3n) is 3.95. The fourth-order valence-corrected chi connectivity index (χ4v) is 2.79. The lowest BCUT2D eigenvalue weighted by atomic mass is 9.84. The second kappa shape index (κ2) is 6.31. The highest BCUT2D eigenvalue weighted by molar-refractivity contribution is 5.96. The molecule has 2 aromatic rings. The fraction of sp³-hybridized carbons (Fsp3) is 0.176. The number of nitrogens with zero attached hydrogens (tertiary/aromatic N) is 1. The number of anilines is 1. The minimum Gasteiger partial charge on any atom is -0.733 e. The summed E-state index contributed by atoms with van der Waals surface area (Å²) < 4.78 is 10.3. The lowest BCUT2D eigenvalue weighted by molar-refractivity contribution is -0.146. The van der Waals surface area contributed by atoms with E-state index < -0.39 is 24.0 Å². The molecule has 1 aliphatic rings. The number of methoxy groups -OCH3 is 1. The van der Waals surface area contributed by atoms with Crippen molar-refractivity contribution in [2.45, 2.75) is 12.0 Å². The van der Waals surface area contributed by atoms with Crippen molar-refractivity contribution < 1.29 is 24.3 Å². The molecule has 0 saturated heterocycles. The first-order chi connectivity index (χ1) is 11.5. The Morgan fingerprint density at radius 2 is 1.88 bits per heavy atom. The van der Waals surface area contributed by atoms with Gasteiger partial charge in [-0.3, -0.25) is 10.0 Å². The molecule has 0 aliphatic carbocycles. The molecule has 7 heteroatoms. The van der Waals surface area contributed by atoms with Crippen molar-refractivity contribution in [3.8, 4) is 0 Å². The first-order valence-electron chi connectivity index (χ1n) is 7.16. The Morgan fingerprint density at radius 1 is 1.21 bits per heavy atom. The number of esters is 2. The SMILES string of the molecule is COC(=O)[C@@H]1c2ccccc2C(=O)O[C@@H]1c1ccc(N([O-])O)cc1. The van der Waals surface area contributed by atoms with Crippen LogP contribution in [0.25, 0.3) is 0 Å². The quantitative estimate of drug-likeness (QED) is 0.682. The summed E-state index contributed by atoms with van der Waals surface area (Å²) in [5, 5.41) is 19.5. The smallest absolute Gasteiger partial charge is 0.339 e. The van der Waals surface area contributed by atoms with Crippen LogP contribution in [0.2, 0.25) is 0 Å². The number of cyclic esters (lactones) is 1. The largest absolute Gasteiger partial charge is 0.733 e. The van der Waals surface area contributed by atoms with Gasteiger partial charge in [-0.05, 0) is 29.3 Å². The van der Waals surface area contributed by atoms with E-state index in [1.54, 1.807) is 24.3 Å². The number of carbonyl (C=O) groups is 2. The van der Waals surface area contributed by atoms with Crippen molar-refractivity contribution in [3.63, 3.8) is 0 Å². The Morgan fingerprint density at radius 3 is 2.50 bits per heavy atom. The van der Waals surface area contributed by atoms with E-state index in [-0.39, 0.29) is 10.9 Å². The number of carbonyl (C=O) groups excluding carboxylic acids is 2. The summed E-state index contributed by atoms with van der Waals surface area (Å²) in [5.41, 5.74) is 1.39. The van der Waals surface area contributed by atoms with Gasteiger partial charge in [-0.15, -0.1) is 0 Å². The zero-order chi connectivity index (χ0) is 17.3. The highest BCUT2D eigenvalue weighted by atomic mass is 16.8. The molecule has 1 heterocycles. The van der Waals surface area contributed by atoms with Crippen molar-refractivity contribution in [1.29, 1.82) is 0 Å². The summed E-state index contributed by atoms with van der Waals surface area (Å²) in [6.45, 7) is 0. The Labute approximate surface area is 137 Å². The Balaban J connectivity index is 2.06. The monoisotopic (exact) mass is 328 g/mol. The van der Waals surface area contributed by atoms with Crippen LogP contribution in [0.15, 0.2) is 48.5 Å². The molecule has 1 aliphatic heterocycles. The van der Waals surface area contributed by atoms with E-state index in [2.05, 4.69) is 0 Å². The maximum atomic E-state index is 12.3. The van der Waals surface area contributed by atoms with Gasteiger partial charge in [0.15, 0.2) is 0 Å². The molecule has 0 saturated carbocycles. The molecule has 0 radical (unpaired) electrons.